The number of aromatic hydroxyl groups is 1. The van der Waals surface area contributed by atoms with Crippen LogP contribution in [-0.2, 0) is 6.54 Å². The number of anilines is 1. The largest absolute Gasteiger partial charge is 0.506 e. The van der Waals surface area contributed by atoms with Gasteiger partial charge in [-0.2, -0.15) is 0 Å². The number of benzene rings is 2. The van der Waals surface area contributed by atoms with Gasteiger partial charge in [0.25, 0.3) is 0 Å². The number of hydrogen-bond donors (Lipinski definition) is 2. The van der Waals surface area contributed by atoms with Crippen LogP contribution in [0.25, 0.3) is 0 Å². The molecule has 0 unspecified atom stereocenters. The van der Waals surface area contributed by atoms with Gasteiger partial charge in [0.2, 0.25) is 0 Å². The first-order chi connectivity index (χ1) is 8.16. The molecule has 0 amide bonds. The first-order valence-electron chi connectivity index (χ1n) is 5.12. The lowest BCUT2D eigenvalue weighted by molar-refractivity contribution is 0.469. The molecule has 4 heteroatoms. The topological polar surface area (TPSA) is 32.3 Å². The molecule has 0 aromatic heterocycles. The number of halogens is 2. The molecule has 0 bridgehead atoms. The summed E-state index contributed by atoms with van der Waals surface area (Å²) in [5.41, 5.74) is 1.77. The number of para-hydroxylation sites is 1. The van der Waals surface area contributed by atoms with Crippen molar-refractivity contribution in [2.45, 2.75) is 6.54 Å². The maximum Gasteiger partial charge on any atom is 0.139 e. The molecular weight excluding hydrogens is 302 g/mol. The minimum atomic E-state index is 0.138. The van der Waals surface area contributed by atoms with Crippen molar-refractivity contribution in [2.75, 3.05) is 5.32 Å². The van der Waals surface area contributed by atoms with E-state index in [2.05, 4.69) is 21.2 Å². The average Bonchev–Trinajstić information content (AvgIpc) is 2.33. The zero-order valence-electron chi connectivity index (χ0n) is 8.95. The molecule has 0 fully saturated rings. The van der Waals surface area contributed by atoms with Gasteiger partial charge in [-0.1, -0.05) is 39.7 Å². The predicted molar refractivity (Wildman–Crippen MR) is 74.6 cm³/mol. The third kappa shape index (κ3) is 3.14. The van der Waals surface area contributed by atoms with Crippen molar-refractivity contribution in [1.29, 1.82) is 0 Å². The SMILES string of the molecule is Oc1c(Cl)cccc1CNc1ccc(Br)cc1. The van der Waals surface area contributed by atoms with Crippen molar-refractivity contribution in [3.63, 3.8) is 0 Å². The fraction of sp³-hybridized carbons (Fsp3) is 0.0769. The van der Waals surface area contributed by atoms with Gasteiger partial charge in [0.15, 0.2) is 0 Å². The summed E-state index contributed by atoms with van der Waals surface area (Å²) in [5.74, 6) is 0.138. The normalized spacial score (nSPS) is 10.2. The highest BCUT2D eigenvalue weighted by atomic mass is 79.9. The van der Waals surface area contributed by atoms with Gasteiger partial charge in [0, 0.05) is 22.3 Å². The van der Waals surface area contributed by atoms with Crippen LogP contribution in [0.4, 0.5) is 5.69 Å². The summed E-state index contributed by atoms with van der Waals surface area (Å²) in [5, 5.41) is 13.3. The third-order valence-corrected chi connectivity index (χ3v) is 3.23. The van der Waals surface area contributed by atoms with Crippen molar-refractivity contribution in [1.82, 2.24) is 0 Å². The quantitative estimate of drug-likeness (QED) is 0.879. The molecule has 0 atom stereocenters. The summed E-state index contributed by atoms with van der Waals surface area (Å²) in [7, 11) is 0. The fourth-order valence-corrected chi connectivity index (χ4v) is 1.93. The molecule has 0 saturated carbocycles. The van der Waals surface area contributed by atoms with Crippen LogP contribution in [0.1, 0.15) is 5.56 Å². The van der Waals surface area contributed by atoms with Crippen LogP contribution in [0.5, 0.6) is 5.75 Å². The van der Waals surface area contributed by atoms with Gasteiger partial charge < -0.3 is 10.4 Å². The summed E-state index contributed by atoms with van der Waals surface area (Å²) >= 11 is 9.21. The minimum absolute atomic E-state index is 0.138. The Labute approximate surface area is 113 Å². The van der Waals surface area contributed by atoms with E-state index < -0.39 is 0 Å². The number of phenolic OH excluding ortho intramolecular Hbond substituents is 1. The van der Waals surface area contributed by atoms with Crippen LogP contribution >= 0.6 is 27.5 Å². The van der Waals surface area contributed by atoms with E-state index in [4.69, 9.17) is 11.6 Å². The van der Waals surface area contributed by atoms with Crippen LogP contribution in [0.3, 0.4) is 0 Å². The van der Waals surface area contributed by atoms with E-state index in [-0.39, 0.29) is 5.75 Å². The van der Waals surface area contributed by atoms with Crippen molar-refractivity contribution in [2.24, 2.45) is 0 Å². The molecule has 2 N–H and O–H groups in total. The lowest BCUT2D eigenvalue weighted by Gasteiger charge is -2.09. The smallest absolute Gasteiger partial charge is 0.139 e. The second kappa shape index (κ2) is 5.43. The maximum atomic E-state index is 9.74. The first-order valence-corrected chi connectivity index (χ1v) is 6.30. The standard InChI is InChI=1S/C13H11BrClNO/c14-10-4-6-11(7-5-10)16-8-9-2-1-3-12(15)13(9)17/h1-7,16-17H,8H2. The monoisotopic (exact) mass is 311 g/mol. The van der Waals surface area contributed by atoms with Gasteiger partial charge in [-0.05, 0) is 30.3 Å². The van der Waals surface area contributed by atoms with Crippen LogP contribution in [-0.4, -0.2) is 5.11 Å². The van der Waals surface area contributed by atoms with E-state index in [0.29, 0.717) is 11.6 Å². The predicted octanol–water partition coefficient (Wildman–Crippen LogP) is 4.42. The summed E-state index contributed by atoms with van der Waals surface area (Å²) in [6, 6.07) is 13.2. The Kier molecular flexibility index (Phi) is 3.92. The number of nitrogens with one attached hydrogen (secondary N) is 1. The maximum absolute atomic E-state index is 9.74. The zero-order chi connectivity index (χ0) is 12.3. The fourth-order valence-electron chi connectivity index (χ4n) is 1.47. The highest BCUT2D eigenvalue weighted by Crippen LogP contribution is 2.27. The zero-order valence-corrected chi connectivity index (χ0v) is 11.3. The van der Waals surface area contributed by atoms with E-state index in [0.717, 1.165) is 15.7 Å². The molecular formula is C13H11BrClNO. The highest BCUT2D eigenvalue weighted by molar-refractivity contribution is 9.10. The van der Waals surface area contributed by atoms with Crippen LogP contribution < -0.4 is 5.32 Å². The summed E-state index contributed by atoms with van der Waals surface area (Å²) in [6.45, 7) is 0.536. The Morgan fingerprint density at radius 3 is 2.53 bits per heavy atom. The second-order valence-corrected chi connectivity index (χ2v) is 4.93. The molecule has 2 nitrogen and oxygen atoms in total. The van der Waals surface area contributed by atoms with Crippen molar-refractivity contribution in [3.8, 4) is 5.75 Å². The van der Waals surface area contributed by atoms with Gasteiger partial charge in [0.1, 0.15) is 5.75 Å². The Morgan fingerprint density at radius 2 is 1.82 bits per heavy atom. The second-order valence-electron chi connectivity index (χ2n) is 3.61. The molecule has 88 valence electrons. The van der Waals surface area contributed by atoms with E-state index in [1.165, 1.54) is 0 Å². The number of phenols is 1. The Morgan fingerprint density at radius 1 is 1.12 bits per heavy atom. The Hall–Kier alpha value is -1.19. The van der Waals surface area contributed by atoms with Gasteiger partial charge in [-0.15, -0.1) is 0 Å². The third-order valence-electron chi connectivity index (χ3n) is 2.40. The van der Waals surface area contributed by atoms with Crippen molar-refractivity contribution >= 4 is 33.2 Å². The number of hydrogen-bond acceptors (Lipinski definition) is 2. The lowest BCUT2D eigenvalue weighted by Crippen LogP contribution is -1.99. The molecule has 0 saturated heterocycles. The molecule has 2 aromatic carbocycles. The molecule has 0 spiro atoms. The summed E-state index contributed by atoms with van der Waals surface area (Å²) in [4.78, 5) is 0. The van der Waals surface area contributed by atoms with E-state index in [9.17, 15) is 5.11 Å². The van der Waals surface area contributed by atoms with Crippen molar-refractivity contribution in [3.05, 3.63) is 57.5 Å². The van der Waals surface area contributed by atoms with E-state index in [1.54, 1.807) is 6.07 Å². The van der Waals surface area contributed by atoms with E-state index in [1.807, 2.05) is 36.4 Å². The Balaban J connectivity index is 2.07. The molecule has 2 aromatic rings. The molecule has 17 heavy (non-hydrogen) atoms. The molecule has 0 aliphatic carbocycles. The lowest BCUT2D eigenvalue weighted by atomic mass is 10.2. The van der Waals surface area contributed by atoms with Crippen molar-refractivity contribution < 1.29 is 5.11 Å². The Bertz CT molecular complexity index is 513. The van der Waals surface area contributed by atoms with E-state index >= 15 is 0 Å². The van der Waals surface area contributed by atoms with Crippen LogP contribution in [0.15, 0.2) is 46.9 Å². The molecule has 0 aliphatic rings. The van der Waals surface area contributed by atoms with Gasteiger partial charge in [-0.25, -0.2) is 0 Å². The molecule has 0 heterocycles. The minimum Gasteiger partial charge on any atom is -0.506 e. The average molecular weight is 313 g/mol. The highest BCUT2D eigenvalue weighted by Gasteiger charge is 2.04. The summed E-state index contributed by atoms with van der Waals surface area (Å²) in [6.07, 6.45) is 0. The van der Waals surface area contributed by atoms with Gasteiger partial charge >= 0.3 is 0 Å². The van der Waals surface area contributed by atoms with Crippen LogP contribution in [0, 0.1) is 0 Å². The molecule has 2 rings (SSSR count). The van der Waals surface area contributed by atoms with Gasteiger partial charge in [0.05, 0.1) is 5.02 Å². The molecule has 0 radical (unpaired) electrons. The molecule has 0 aliphatic heterocycles. The first kappa shape index (κ1) is 12.3. The summed E-state index contributed by atoms with van der Waals surface area (Å²) < 4.78 is 1.04. The number of rotatable bonds is 3. The van der Waals surface area contributed by atoms with Gasteiger partial charge in [-0.3, -0.25) is 0 Å². The van der Waals surface area contributed by atoms with Crippen LogP contribution in [0.2, 0.25) is 5.02 Å².